The van der Waals surface area contributed by atoms with Crippen molar-refractivity contribution in [1.82, 2.24) is 9.78 Å². The highest BCUT2D eigenvalue weighted by Gasteiger charge is 2.20. The molecule has 0 amide bonds. The summed E-state index contributed by atoms with van der Waals surface area (Å²) in [6.07, 6.45) is 0. The number of hydrogen-bond acceptors (Lipinski definition) is 3. The summed E-state index contributed by atoms with van der Waals surface area (Å²) >= 11 is 4.99. The number of furan rings is 1. The second-order valence-electron chi connectivity index (χ2n) is 4.12. The third-order valence-corrected chi connectivity index (χ3v) is 3.25. The van der Waals surface area contributed by atoms with E-state index in [0.717, 1.165) is 22.3 Å². The number of nitrogens with two attached hydrogens (primary N) is 1. The van der Waals surface area contributed by atoms with Crippen LogP contribution in [0.5, 0.6) is 0 Å². The van der Waals surface area contributed by atoms with Crippen molar-refractivity contribution < 1.29 is 4.42 Å². The van der Waals surface area contributed by atoms with Crippen LogP contribution in [0.1, 0.15) is 0 Å². The topological polar surface area (TPSA) is 60.2 Å². The Morgan fingerprint density at radius 2 is 2.17 bits per heavy atom. The Hall–Kier alpha value is -2.08. The van der Waals surface area contributed by atoms with E-state index < -0.39 is 0 Å². The van der Waals surface area contributed by atoms with Gasteiger partial charge in [0.15, 0.2) is 16.5 Å². The zero-order chi connectivity index (χ0) is 12.9. The molecule has 92 valence electrons. The lowest BCUT2D eigenvalue weighted by molar-refractivity contribution is 0.664. The molecule has 18 heavy (non-hydrogen) atoms. The summed E-state index contributed by atoms with van der Waals surface area (Å²) in [5, 5.41) is 5.74. The number of thiocarbonyl (C=S) groups is 1. The predicted octanol–water partition coefficient (Wildman–Crippen LogP) is 2.00. The van der Waals surface area contributed by atoms with E-state index in [1.807, 2.05) is 31.3 Å². The molecule has 2 heterocycles. The second-order valence-corrected chi connectivity index (χ2v) is 4.54. The van der Waals surface area contributed by atoms with Gasteiger partial charge in [-0.25, -0.2) is 4.68 Å². The molecule has 5 nitrogen and oxygen atoms in total. The van der Waals surface area contributed by atoms with Crippen molar-refractivity contribution >= 4 is 45.2 Å². The van der Waals surface area contributed by atoms with Crippen LogP contribution in [0.4, 0.5) is 5.82 Å². The maximum Gasteiger partial charge on any atom is 0.198 e. The van der Waals surface area contributed by atoms with E-state index in [1.54, 1.807) is 16.6 Å². The lowest BCUT2D eigenvalue weighted by Gasteiger charge is -2.15. The number of aryl methyl sites for hydroxylation is 1. The third kappa shape index (κ3) is 1.39. The van der Waals surface area contributed by atoms with Crippen LogP contribution in [-0.4, -0.2) is 21.9 Å². The minimum absolute atomic E-state index is 0.278. The molecule has 0 aliphatic heterocycles. The molecule has 6 heteroatoms. The number of nitrogens with zero attached hydrogens (tertiary/aromatic N) is 3. The van der Waals surface area contributed by atoms with Crippen molar-refractivity contribution in [1.29, 1.82) is 0 Å². The molecule has 0 atom stereocenters. The summed E-state index contributed by atoms with van der Waals surface area (Å²) in [5.41, 5.74) is 8.00. The van der Waals surface area contributed by atoms with Gasteiger partial charge in [-0.1, -0.05) is 12.1 Å². The molecule has 3 aromatic rings. The number of para-hydroxylation sites is 1. The summed E-state index contributed by atoms with van der Waals surface area (Å²) in [6, 6.07) is 7.80. The molecular weight excluding hydrogens is 248 g/mol. The molecule has 0 aliphatic rings. The number of benzene rings is 1. The van der Waals surface area contributed by atoms with E-state index >= 15 is 0 Å². The summed E-state index contributed by atoms with van der Waals surface area (Å²) < 4.78 is 7.56. The van der Waals surface area contributed by atoms with Crippen LogP contribution in [0.15, 0.2) is 28.7 Å². The van der Waals surface area contributed by atoms with E-state index in [1.165, 1.54) is 0 Å². The lowest BCUT2D eigenvalue weighted by Crippen LogP contribution is -2.33. The Bertz CT molecular complexity index is 758. The number of anilines is 1. The van der Waals surface area contributed by atoms with Gasteiger partial charge in [0, 0.05) is 19.5 Å². The molecule has 0 spiro atoms. The second kappa shape index (κ2) is 3.71. The highest BCUT2D eigenvalue weighted by Crippen LogP contribution is 2.33. The first-order valence-electron chi connectivity index (χ1n) is 5.47. The predicted molar refractivity (Wildman–Crippen MR) is 75.7 cm³/mol. The van der Waals surface area contributed by atoms with Crippen molar-refractivity contribution in [3.05, 3.63) is 24.3 Å². The van der Waals surface area contributed by atoms with Crippen LogP contribution in [0, 0.1) is 0 Å². The van der Waals surface area contributed by atoms with Crippen molar-refractivity contribution in [2.45, 2.75) is 0 Å². The first-order chi connectivity index (χ1) is 8.59. The first-order valence-corrected chi connectivity index (χ1v) is 5.88. The monoisotopic (exact) mass is 260 g/mol. The fourth-order valence-corrected chi connectivity index (χ4v) is 2.19. The Morgan fingerprint density at radius 3 is 2.89 bits per heavy atom. The third-order valence-electron chi connectivity index (χ3n) is 2.98. The fraction of sp³-hybridized carbons (Fsp3) is 0.167. The molecule has 2 aromatic heterocycles. The maximum absolute atomic E-state index is 5.84. The highest BCUT2D eigenvalue weighted by molar-refractivity contribution is 7.80. The average molecular weight is 260 g/mol. The van der Waals surface area contributed by atoms with E-state index in [9.17, 15) is 0 Å². The molecule has 2 N–H and O–H groups in total. The van der Waals surface area contributed by atoms with Gasteiger partial charge in [-0.2, -0.15) is 5.10 Å². The normalized spacial score (nSPS) is 11.2. The number of aromatic nitrogens is 2. The molecule has 0 saturated heterocycles. The molecule has 3 rings (SSSR count). The van der Waals surface area contributed by atoms with Gasteiger partial charge in [0.1, 0.15) is 11.1 Å². The Morgan fingerprint density at radius 1 is 1.44 bits per heavy atom. The van der Waals surface area contributed by atoms with Crippen LogP contribution in [0.2, 0.25) is 0 Å². The Balaban J connectivity index is 2.38. The maximum atomic E-state index is 5.84. The molecule has 0 aliphatic carbocycles. The van der Waals surface area contributed by atoms with Gasteiger partial charge in [-0.15, -0.1) is 0 Å². The number of fused-ring (bicyclic) bond motifs is 3. The molecular formula is C12H12N4OS. The van der Waals surface area contributed by atoms with E-state index in [0.29, 0.717) is 5.58 Å². The van der Waals surface area contributed by atoms with Gasteiger partial charge in [-0.3, -0.25) is 0 Å². The average Bonchev–Trinajstić information content (AvgIpc) is 2.83. The van der Waals surface area contributed by atoms with Crippen LogP contribution in [0.3, 0.4) is 0 Å². The Kier molecular flexibility index (Phi) is 2.27. The SMILES string of the molecule is CN(C(N)=S)c1c2oc3ccccc3c2nn1C. The van der Waals surface area contributed by atoms with Gasteiger partial charge < -0.3 is 15.1 Å². The van der Waals surface area contributed by atoms with Crippen LogP contribution >= 0.6 is 12.2 Å². The van der Waals surface area contributed by atoms with Gasteiger partial charge in [-0.05, 0) is 24.4 Å². The van der Waals surface area contributed by atoms with Gasteiger partial charge in [0.25, 0.3) is 0 Å². The highest BCUT2D eigenvalue weighted by atomic mass is 32.1. The summed E-state index contributed by atoms with van der Waals surface area (Å²) in [4.78, 5) is 1.69. The lowest BCUT2D eigenvalue weighted by atomic mass is 10.2. The van der Waals surface area contributed by atoms with Crippen LogP contribution in [-0.2, 0) is 7.05 Å². The Labute approximate surface area is 109 Å². The van der Waals surface area contributed by atoms with Crippen molar-refractivity contribution in [2.24, 2.45) is 12.8 Å². The summed E-state index contributed by atoms with van der Waals surface area (Å²) in [6.45, 7) is 0. The van der Waals surface area contributed by atoms with Crippen molar-refractivity contribution in [3.63, 3.8) is 0 Å². The minimum Gasteiger partial charge on any atom is -0.450 e. The molecule has 0 bridgehead atoms. The standard InChI is InChI=1S/C12H12N4OS/c1-15(12(13)18)11-10-9(14-16(11)2)7-5-3-4-6-8(7)17-10/h3-6H,1-2H3,(H2,13,18). The van der Waals surface area contributed by atoms with Gasteiger partial charge in [0.05, 0.1) is 0 Å². The van der Waals surface area contributed by atoms with Crippen molar-refractivity contribution in [2.75, 3.05) is 11.9 Å². The van der Waals surface area contributed by atoms with E-state index in [4.69, 9.17) is 22.4 Å². The minimum atomic E-state index is 0.278. The number of hydrogen-bond donors (Lipinski definition) is 1. The largest absolute Gasteiger partial charge is 0.450 e. The first kappa shape index (κ1) is 11.0. The van der Waals surface area contributed by atoms with E-state index in [2.05, 4.69) is 5.10 Å². The number of rotatable bonds is 1. The van der Waals surface area contributed by atoms with Crippen molar-refractivity contribution in [3.8, 4) is 0 Å². The summed E-state index contributed by atoms with van der Waals surface area (Å²) in [7, 11) is 3.64. The molecule has 0 fully saturated rings. The van der Waals surface area contributed by atoms with Crippen LogP contribution < -0.4 is 10.6 Å². The zero-order valence-electron chi connectivity index (χ0n) is 10.0. The van der Waals surface area contributed by atoms with Crippen LogP contribution in [0.25, 0.3) is 22.1 Å². The summed E-state index contributed by atoms with van der Waals surface area (Å²) in [5.74, 6) is 0.758. The fourth-order valence-electron chi connectivity index (χ4n) is 2.10. The molecule has 1 aromatic carbocycles. The van der Waals surface area contributed by atoms with Gasteiger partial charge in [0.2, 0.25) is 0 Å². The molecule has 0 saturated carbocycles. The smallest absolute Gasteiger partial charge is 0.198 e. The quantitative estimate of drug-likeness (QED) is 0.678. The molecule has 0 radical (unpaired) electrons. The van der Waals surface area contributed by atoms with E-state index in [-0.39, 0.29) is 5.11 Å². The van der Waals surface area contributed by atoms with Gasteiger partial charge >= 0.3 is 0 Å². The zero-order valence-corrected chi connectivity index (χ0v) is 10.9. The molecule has 0 unspecified atom stereocenters.